The Morgan fingerprint density at radius 1 is 0.923 bits per heavy atom. The van der Waals surface area contributed by atoms with Crippen LogP contribution in [0, 0.1) is 0 Å². The summed E-state index contributed by atoms with van der Waals surface area (Å²) in [6.45, 7) is -0.00274. The van der Waals surface area contributed by atoms with E-state index in [-0.39, 0.29) is 25.0 Å². The number of anilines is 1. The Morgan fingerprint density at radius 2 is 1.58 bits per heavy atom. The first kappa shape index (κ1) is 17.8. The molecule has 1 aromatic heterocycles. The maximum atomic E-state index is 12.6. The summed E-state index contributed by atoms with van der Waals surface area (Å²) in [6, 6.07) is 18.3. The molecule has 2 amide bonds. The van der Waals surface area contributed by atoms with Gasteiger partial charge in [0.1, 0.15) is 5.00 Å². The number of aliphatic hydroxyl groups is 1. The van der Waals surface area contributed by atoms with Crippen molar-refractivity contribution in [2.45, 2.75) is 0 Å². The van der Waals surface area contributed by atoms with Gasteiger partial charge in [-0.15, -0.1) is 11.3 Å². The average molecular weight is 366 g/mol. The predicted octanol–water partition coefficient (Wildman–Crippen LogP) is 3.39. The van der Waals surface area contributed by atoms with Crippen molar-refractivity contribution in [2.24, 2.45) is 0 Å². The Hall–Kier alpha value is -2.96. The van der Waals surface area contributed by atoms with E-state index < -0.39 is 0 Å². The molecule has 132 valence electrons. The first-order valence-corrected chi connectivity index (χ1v) is 9.01. The predicted molar refractivity (Wildman–Crippen MR) is 104 cm³/mol. The van der Waals surface area contributed by atoms with E-state index in [0.717, 1.165) is 11.1 Å². The van der Waals surface area contributed by atoms with Gasteiger partial charge in [-0.2, -0.15) is 0 Å². The summed E-state index contributed by atoms with van der Waals surface area (Å²) >= 11 is 1.30. The Morgan fingerprint density at radius 3 is 2.23 bits per heavy atom. The van der Waals surface area contributed by atoms with Crippen LogP contribution in [0.5, 0.6) is 0 Å². The second-order valence-corrected chi connectivity index (χ2v) is 6.40. The van der Waals surface area contributed by atoms with Gasteiger partial charge in [0.25, 0.3) is 11.8 Å². The van der Waals surface area contributed by atoms with E-state index in [1.54, 1.807) is 24.3 Å². The summed E-state index contributed by atoms with van der Waals surface area (Å²) in [6.07, 6.45) is 0. The minimum Gasteiger partial charge on any atom is -0.395 e. The monoisotopic (exact) mass is 366 g/mol. The molecule has 0 saturated heterocycles. The van der Waals surface area contributed by atoms with Gasteiger partial charge in [0.15, 0.2) is 0 Å². The maximum absolute atomic E-state index is 12.6. The number of benzene rings is 2. The molecule has 0 spiro atoms. The normalized spacial score (nSPS) is 10.3. The fourth-order valence-corrected chi connectivity index (χ4v) is 3.49. The average Bonchev–Trinajstić information content (AvgIpc) is 3.11. The molecule has 26 heavy (non-hydrogen) atoms. The Bertz CT molecular complexity index is 892. The zero-order valence-corrected chi connectivity index (χ0v) is 14.8. The molecule has 0 unspecified atom stereocenters. The standard InChI is InChI=1S/C20H18N2O3S/c23-12-11-21-19(25)17-16(14-7-3-1-4-8-14)13-26-20(17)22-18(24)15-9-5-2-6-10-15/h1-10,13,23H,11-12H2,(H,21,25)(H,22,24). The van der Waals surface area contributed by atoms with Crippen molar-refractivity contribution in [1.82, 2.24) is 5.32 Å². The third-order valence-corrected chi connectivity index (χ3v) is 4.66. The summed E-state index contributed by atoms with van der Waals surface area (Å²) < 4.78 is 0. The molecule has 0 bridgehead atoms. The highest BCUT2D eigenvalue weighted by atomic mass is 32.1. The molecule has 6 heteroatoms. The highest BCUT2D eigenvalue weighted by Gasteiger charge is 2.21. The van der Waals surface area contributed by atoms with E-state index in [1.165, 1.54) is 11.3 Å². The lowest BCUT2D eigenvalue weighted by molar-refractivity contribution is 0.0946. The second-order valence-electron chi connectivity index (χ2n) is 5.52. The van der Waals surface area contributed by atoms with Crippen LogP contribution in [-0.4, -0.2) is 30.1 Å². The molecule has 3 N–H and O–H groups in total. The first-order chi connectivity index (χ1) is 12.7. The lowest BCUT2D eigenvalue weighted by Crippen LogP contribution is -2.27. The zero-order chi connectivity index (χ0) is 18.4. The van der Waals surface area contributed by atoms with Gasteiger partial charge < -0.3 is 15.7 Å². The van der Waals surface area contributed by atoms with Crippen molar-refractivity contribution >= 4 is 28.2 Å². The van der Waals surface area contributed by atoms with Crippen LogP contribution < -0.4 is 10.6 Å². The summed E-state index contributed by atoms with van der Waals surface area (Å²) in [5.74, 6) is -0.606. The number of rotatable bonds is 6. The smallest absolute Gasteiger partial charge is 0.256 e. The summed E-state index contributed by atoms with van der Waals surface area (Å²) in [5, 5.41) is 16.8. The number of carbonyl (C=O) groups is 2. The first-order valence-electron chi connectivity index (χ1n) is 8.13. The number of hydrogen-bond acceptors (Lipinski definition) is 4. The van der Waals surface area contributed by atoms with Crippen LogP contribution in [0.25, 0.3) is 11.1 Å². The van der Waals surface area contributed by atoms with Gasteiger partial charge in [-0.3, -0.25) is 9.59 Å². The van der Waals surface area contributed by atoms with Crippen molar-refractivity contribution < 1.29 is 14.7 Å². The van der Waals surface area contributed by atoms with Crippen molar-refractivity contribution in [1.29, 1.82) is 0 Å². The van der Waals surface area contributed by atoms with Crippen molar-refractivity contribution in [3.8, 4) is 11.1 Å². The van der Waals surface area contributed by atoms with Gasteiger partial charge >= 0.3 is 0 Å². The molecule has 0 radical (unpaired) electrons. The minimum atomic E-state index is -0.331. The van der Waals surface area contributed by atoms with Gasteiger partial charge in [0.2, 0.25) is 0 Å². The SMILES string of the molecule is O=C(Nc1scc(-c2ccccc2)c1C(=O)NCCO)c1ccccc1. The fourth-order valence-electron chi connectivity index (χ4n) is 2.53. The number of carbonyl (C=O) groups excluding carboxylic acids is 2. The van der Waals surface area contributed by atoms with Gasteiger partial charge in [0.05, 0.1) is 12.2 Å². The van der Waals surface area contributed by atoms with Crippen LogP contribution in [0.3, 0.4) is 0 Å². The van der Waals surface area contributed by atoms with Crippen LogP contribution in [-0.2, 0) is 0 Å². The Kier molecular flexibility index (Phi) is 5.78. The summed E-state index contributed by atoms with van der Waals surface area (Å²) in [4.78, 5) is 25.1. The Balaban J connectivity index is 1.95. The van der Waals surface area contributed by atoms with Crippen LogP contribution in [0.2, 0.25) is 0 Å². The lowest BCUT2D eigenvalue weighted by Gasteiger charge is -2.10. The molecule has 0 atom stereocenters. The van der Waals surface area contributed by atoms with Gasteiger partial charge in [0, 0.05) is 23.1 Å². The van der Waals surface area contributed by atoms with E-state index in [0.29, 0.717) is 16.1 Å². The second kappa shape index (κ2) is 8.42. The van der Waals surface area contributed by atoms with Gasteiger partial charge in [-0.05, 0) is 17.7 Å². The number of hydrogen-bond donors (Lipinski definition) is 3. The maximum Gasteiger partial charge on any atom is 0.256 e. The van der Waals surface area contributed by atoms with E-state index in [2.05, 4.69) is 10.6 Å². The van der Waals surface area contributed by atoms with Crippen molar-refractivity contribution in [3.05, 3.63) is 77.2 Å². The van der Waals surface area contributed by atoms with Crippen LogP contribution >= 0.6 is 11.3 Å². The van der Waals surface area contributed by atoms with Gasteiger partial charge in [-0.25, -0.2) is 0 Å². The molecule has 1 heterocycles. The quantitative estimate of drug-likeness (QED) is 0.626. The highest BCUT2D eigenvalue weighted by molar-refractivity contribution is 7.15. The number of aliphatic hydroxyl groups excluding tert-OH is 1. The molecule has 5 nitrogen and oxygen atoms in total. The molecular weight excluding hydrogens is 348 g/mol. The number of amides is 2. The lowest BCUT2D eigenvalue weighted by atomic mass is 10.0. The number of nitrogens with one attached hydrogen (secondary N) is 2. The molecule has 0 fully saturated rings. The molecule has 0 aliphatic heterocycles. The highest BCUT2D eigenvalue weighted by Crippen LogP contribution is 2.35. The van der Waals surface area contributed by atoms with Crippen LogP contribution in [0.4, 0.5) is 5.00 Å². The third kappa shape index (κ3) is 3.99. The van der Waals surface area contributed by atoms with Crippen LogP contribution in [0.15, 0.2) is 66.0 Å². The van der Waals surface area contributed by atoms with Crippen LogP contribution in [0.1, 0.15) is 20.7 Å². The molecule has 0 saturated carbocycles. The molecule has 0 aliphatic carbocycles. The molecule has 3 aromatic rings. The topological polar surface area (TPSA) is 78.4 Å². The zero-order valence-electron chi connectivity index (χ0n) is 13.9. The molecule has 0 aliphatic rings. The Labute approximate surface area is 155 Å². The molecular formula is C20H18N2O3S. The summed E-state index contributed by atoms with van der Waals surface area (Å²) in [7, 11) is 0. The van der Waals surface area contributed by atoms with E-state index >= 15 is 0 Å². The number of thiophene rings is 1. The largest absolute Gasteiger partial charge is 0.395 e. The summed E-state index contributed by atoms with van der Waals surface area (Å²) in [5.41, 5.74) is 2.55. The van der Waals surface area contributed by atoms with Crippen molar-refractivity contribution in [2.75, 3.05) is 18.5 Å². The van der Waals surface area contributed by atoms with E-state index in [4.69, 9.17) is 5.11 Å². The molecule has 2 aromatic carbocycles. The van der Waals surface area contributed by atoms with E-state index in [9.17, 15) is 9.59 Å². The minimum absolute atomic E-state index is 0.148. The third-order valence-electron chi connectivity index (χ3n) is 3.76. The van der Waals surface area contributed by atoms with Crippen molar-refractivity contribution in [3.63, 3.8) is 0 Å². The van der Waals surface area contributed by atoms with E-state index in [1.807, 2.05) is 41.8 Å². The van der Waals surface area contributed by atoms with Gasteiger partial charge in [-0.1, -0.05) is 48.5 Å². The molecule has 3 rings (SSSR count). The fraction of sp³-hybridized carbons (Fsp3) is 0.100.